The summed E-state index contributed by atoms with van der Waals surface area (Å²) in [6.07, 6.45) is 4.37. The summed E-state index contributed by atoms with van der Waals surface area (Å²) in [6.45, 7) is 3.42. The van der Waals surface area contributed by atoms with Gasteiger partial charge in [0.1, 0.15) is 0 Å². The minimum Gasteiger partial charge on any atom is -0.203 e. The Hall–Kier alpha value is -2.88. The van der Waals surface area contributed by atoms with Gasteiger partial charge in [0.25, 0.3) is 0 Å². The fraction of sp³-hybridized carbons (Fsp3) is 0.167. The van der Waals surface area contributed by atoms with Gasteiger partial charge < -0.3 is 0 Å². The van der Waals surface area contributed by atoms with Gasteiger partial charge in [-0.3, -0.25) is 0 Å². The summed E-state index contributed by atoms with van der Waals surface area (Å²) in [5.74, 6) is -3.41. The fourth-order valence-electron chi connectivity index (χ4n) is 3.02. The first-order chi connectivity index (χ1) is 13.4. The number of halogens is 4. The van der Waals surface area contributed by atoms with Crippen LogP contribution in [0.2, 0.25) is 0 Å². The van der Waals surface area contributed by atoms with Gasteiger partial charge in [-0.05, 0) is 35.6 Å². The van der Waals surface area contributed by atoms with Crippen LogP contribution in [0.4, 0.5) is 17.6 Å². The van der Waals surface area contributed by atoms with Crippen molar-refractivity contribution in [2.24, 2.45) is 0 Å². The summed E-state index contributed by atoms with van der Waals surface area (Å²) in [5.41, 5.74) is 2.23. The molecule has 0 amide bonds. The van der Waals surface area contributed by atoms with E-state index < -0.39 is 23.3 Å². The van der Waals surface area contributed by atoms with Gasteiger partial charge in [-0.25, -0.2) is 17.6 Å². The Balaban J connectivity index is 1.84. The van der Waals surface area contributed by atoms with Gasteiger partial charge in [0.2, 0.25) is 0 Å². The molecule has 4 heteroatoms. The van der Waals surface area contributed by atoms with Crippen molar-refractivity contribution in [1.29, 1.82) is 0 Å². The predicted molar refractivity (Wildman–Crippen MR) is 106 cm³/mol. The zero-order chi connectivity index (χ0) is 20.3. The molecule has 3 aromatic carbocycles. The highest BCUT2D eigenvalue weighted by molar-refractivity contribution is 5.72. The maximum absolute atomic E-state index is 14.2. The summed E-state index contributed by atoms with van der Waals surface area (Å²) >= 11 is 0. The Morgan fingerprint density at radius 1 is 0.714 bits per heavy atom. The van der Waals surface area contributed by atoms with Crippen LogP contribution in [0, 0.1) is 30.2 Å². The molecule has 0 aliphatic carbocycles. The van der Waals surface area contributed by atoms with Crippen molar-refractivity contribution in [3.05, 3.63) is 94.1 Å². The lowest BCUT2D eigenvalue weighted by Crippen LogP contribution is -1.96. The van der Waals surface area contributed by atoms with E-state index in [4.69, 9.17) is 0 Å². The third-order valence-corrected chi connectivity index (χ3v) is 4.66. The van der Waals surface area contributed by atoms with E-state index >= 15 is 0 Å². The lowest BCUT2D eigenvalue weighted by molar-refractivity contribution is 0.496. The molecule has 0 aromatic heterocycles. The van der Waals surface area contributed by atoms with Crippen LogP contribution >= 0.6 is 0 Å². The first kappa shape index (κ1) is 19.9. The second kappa shape index (κ2) is 8.42. The number of aryl methyl sites for hydroxylation is 2. The Bertz CT molecular complexity index is 1020. The molecule has 0 nitrogen and oxygen atoms in total. The Morgan fingerprint density at radius 3 is 2.11 bits per heavy atom. The largest absolute Gasteiger partial charge is 0.203 e. The van der Waals surface area contributed by atoms with Gasteiger partial charge in [0, 0.05) is 11.1 Å². The molecule has 0 bridgehead atoms. The van der Waals surface area contributed by atoms with E-state index in [9.17, 15) is 17.6 Å². The second-order valence-corrected chi connectivity index (χ2v) is 6.71. The van der Waals surface area contributed by atoms with Crippen molar-refractivity contribution >= 4 is 12.2 Å². The molecule has 0 aliphatic rings. The first-order valence-corrected chi connectivity index (χ1v) is 9.12. The maximum atomic E-state index is 14.2. The SMILES string of the molecule is CCCc1ccc(/C=C/c2ccc(-c3ccc(C)c(F)c3F)cc2)c(F)c1F. The molecule has 0 saturated heterocycles. The monoisotopic (exact) mass is 384 g/mol. The molecule has 0 atom stereocenters. The summed E-state index contributed by atoms with van der Waals surface area (Å²) in [6, 6.07) is 13.0. The molecule has 0 saturated carbocycles. The molecule has 3 rings (SSSR count). The third-order valence-electron chi connectivity index (χ3n) is 4.66. The van der Waals surface area contributed by atoms with E-state index in [0.717, 1.165) is 12.0 Å². The summed E-state index contributed by atoms with van der Waals surface area (Å²) < 4.78 is 56.1. The minimum absolute atomic E-state index is 0.160. The second-order valence-electron chi connectivity index (χ2n) is 6.71. The molecule has 0 N–H and O–H groups in total. The van der Waals surface area contributed by atoms with Crippen molar-refractivity contribution in [3.63, 3.8) is 0 Å². The molecule has 0 fully saturated rings. The molecule has 3 aromatic rings. The predicted octanol–water partition coefficient (Wildman–Crippen LogP) is 7.34. The van der Waals surface area contributed by atoms with Gasteiger partial charge in [-0.1, -0.05) is 74.0 Å². The van der Waals surface area contributed by atoms with Crippen LogP contribution in [0.25, 0.3) is 23.3 Å². The molecular weight excluding hydrogens is 364 g/mol. The summed E-state index contributed by atoms with van der Waals surface area (Å²) in [4.78, 5) is 0. The standard InChI is InChI=1S/C24H20F4/c1-3-4-18-12-13-19(23(27)22(18)26)11-8-16-6-9-17(10-7-16)20-14-5-15(2)21(25)24(20)28/h5-14H,3-4H2,1-2H3/b11-8+. The van der Waals surface area contributed by atoms with Crippen molar-refractivity contribution in [3.8, 4) is 11.1 Å². The van der Waals surface area contributed by atoms with E-state index in [1.165, 1.54) is 25.1 Å². The Morgan fingerprint density at radius 2 is 1.43 bits per heavy atom. The number of benzene rings is 3. The van der Waals surface area contributed by atoms with E-state index in [2.05, 4.69) is 0 Å². The average Bonchev–Trinajstić information content (AvgIpc) is 2.70. The van der Waals surface area contributed by atoms with E-state index in [-0.39, 0.29) is 16.7 Å². The average molecular weight is 384 g/mol. The van der Waals surface area contributed by atoms with Crippen LogP contribution in [0.15, 0.2) is 48.5 Å². The van der Waals surface area contributed by atoms with Crippen molar-refractivity contribution < 1.29 is 17.6 Å². The van der Waals surface area contributed by atoms with Gasteiger partial charge in [-0.15, -0.1) is 0 Å². The lowest BCUT2D eigenvalue weighted by atomic mass is 10.0. The molecule has 0 aliphatic heterocycles. The highest BCUT2D eigenvalue weighted by Gasteiger charge is 2.13. The summed E-state index contributed by atoms with van der Waals surface area (Å²) in [5, 5.41) is 0. The van der Waals surface area contributed by atoms with E-state index in [0.29, 0.717) is 17.5 Å². The van der Waals surface area contributed by atoms with Crippen LogP contribution in [0.1, 0.15) is 35.6 Å². The van der Waals surface area contributed by atoms with Gasteiger partial charge in [0.15, 0.2) is 23.3 Å². The Kier molecular flexibility index (Phi) is 5.98. The van der Waals surface area contributed by atoms with Gasteiger partial charge in [0.05, 0.1) is 0 Å². The van der Waals surface area contributed by atoms with Crippen LogP contribution < -0.4 is 0 Å². The highest BCUT2D eigenvalue weighted by Crippen LogP contribution is 2.27. The topological polar surface area (TPSA) is 0 Å². The molecule has 144 valence electrons. The van der Waals surface area contributed by atoms with Crippen LogP contribution in [0.3, 0.4) is 0 Å². The molecule has 0 heterocycles. The normalized spacial score (nSPS) is 11.4. The van der Waals surface area contributed by atoms with Crippen molar-refractivity contribution in [2.45, 2.75) is 26.7 Å². The van der Waals surface area contributed by atoms with Crippen LogP contribution in [-0.4, -0.2) is 0 Å². The van der Waals surface area contributed by atoms with Gasteiger partial charge in [-0.2, -0.15) is 0 Å². The molecule has 28 heavy (non-hydrogen) atoms. The highest BCUT2D eigenvalue weighted by atomic mass is 19.2. The number of hydrogen-bond donors (Lipinski definition) is 0. The molecule has 0 spiro atoms. The van der Waals surface area contributed by atoms with E-state index in [1.807, 2.05) is 6.92 Å². The first-order valence-electron chi connectivity index (χ1n) is 9.12. The molecular formula is C24H20F4. The third kappa shape index (κ3) is 4.01. The smallest absolute Gasteiger partial charge is 0.166 e. The van der Waals surface area contributed by atoms with Crippen LogP contribution in [0.5, 0.6) is 0 Å². The van der Waals surface area contributed by atoms with Gasteiger partial charge >= 0.3 is 0 Å². The zero-order valence-corrected chi connectivity index (χ0v) is 15.7. The Labute approximate surface area is 162 Å². The quantitative estimate of drug-likeness (QED) is 0.319. The van der Waals surface area contributed by atoms with E-state index in [1.54, 1.807) is 42.5 Å². The molecule has 0 unspecified atom stereocenters. The lowest BCUT2D eigenvalue weighted by Gasteiger charge is -2.07. The number of rotatable bonds is 5. The minimum atomic E-state index is -0.881. The summed E-state index contributed by atoms with van der Waals surface area (Å²) in [7, 11) is 0. The maximum Gasteiger partial charge on any atom is 0.166 e. The van der Waals surface area contributed by atoms with Crippen molar-refractivity contribution in [1.82, 2.24) is 0 Å². The molecule has 0 radical (unpaired) electrons. The fourth-order valence-corrected chi connectivity index (χ4v) is 3.02. The van der Waals surface area contributed by atoms with Crippen LogP contribution in [-0.2, 0) is 6.42 Å². The zero-order valence-electron chi connectivity index (χ0n) is 15.7. The number of hydrogen-bond acceptors (Lipinski definition) is 0. The van der Waals surface area contributed by atoms with Crippen molar-refractivity contribution in [2.75, 3.05) is 0 Å².